The molecule has 2 heteroatoms. The molecule has 1 amide bonds. The van der Waals surface area contributed by atoms with Gasteiger partial charge in [0.1, 0.15) is 0 Å². The summed E-state index contributed by atoms with van der Waals surface area (Å²) in [5.74, 6) is 0.230. The van der Waals surface area contributed by atoms with Gasteiger partial charge >= 0.3 is 0 Å². The van der Waals surface area contributed by atoms with Crippen molar-refractivity contribution in [2.45, 2.75) is 56.4 Å². The SMILES string of the molecule is O=C(N[C@H]1CCCc2ccccc21)C1(c2ccccc2)CCCC1. The van der Waals surface area contributed by atoms with Crippen LogP contribution in [-0.2, 0) is 16.6 Å². The second kappa shape index (κ2) is 6.43. The van der Waals surface area contributed by atoms with Crippen molar-refractivity contribution in [2.24, 2.45) is 0 Å². The molecule has 4 rings (SSSR count). The average Bonchev–Trinajstić information content (AvgIpc) is 3.14. The minimum atomic E-state index is -0.326. The fraction of sp³-hybridized carbons (Fsp3) is 0.409. The Kier molecular flexibility index (Phi) is 4.13. The Balaban J connectivity index is 1.62. The van der Waals surface area contributed by atoms with Gasteiger partial charge in [0.05, 0.1) is 11.5 Å². The second-order valence-electron chi connectivity index (χ2n) is 7.27. The van der Waals surface area contributed by atoms with Crippen LogP contribution in [0, 0.1) is 0 Å². The van der Waals surface area contributed by atoms with Gasteiger partial charge in [-0.3, -0.25) is 4.79 Å². The molecule has 0 bridgehead atoms. The summed E-state index contributed by atoms with van der Waals surface area (Å²) in [7, 11) is 0. The number of hydrogen-bond acceptors (Lipinski definition) is 1. The average molecular weight is 319 g/mol. The molecule has 1 atom stereocenters. The molecule has 0 heterocycles. The van der Waals surface area contributed by atoms with Crippen LogP contribution in [0.25, 0.3) is 0 Å². The highest BCUT2D eigenvalue weighted by atomic mass is 16.2. The van der Waals surface area contributed by atoms with Crippen LogP contribution in [0.4, 0.5) is 0 Å². The molecule has 0 unspecified atom stereocenters. The molecule has 2 aromatic carbocycles. The van der Waals surface area contributed by atoms with Gasteiger partial charge in [-0.05, 0) is 48.8 Å². The Morgan fingerprint density at radius 1 is 0.917 bits per heavy atom. The molecule has 0 spiro atoms. The van der Waals surface area contributed by atoms with Crippen molar-refractivity contribution >= 4 is 5.91 Å². The van der Waals surface area contributed by atoms with E-state index in [-0.39, 0.29) is 17.4 Å². The maximum absolute atomic E-state index is 13.3. The molecule has 0 saturated heterocycles. The Bertz CT molecular complexity index is 716. The topological polar surface area (TPSA) is 29.1 Å². The molecule has 24 heavy (non-hydrogen) atoms. The zero-order valence-corrected chi connectivity index (χ0v) is 14.1. The fourth-order valence-electron chi connectivity index (χ4n) is 4.58. The minimum Gasteiger partial charge on any atom is -0.349 e. The Morgan fingerprint density at radius 3 is 2.42 bits per heavy atom. The van der Waals surface area contributed by atoms with Gasteiger partial charge in [-0.25, -0.2) is 0 Å². The number of rotatable bonds is 3. The smallest absolute Gasteiger partial charge is 0.231 e. The minimum absolute atomic E-state index is 0.170. The van der Waals surface area contributed by atoms with Crippen LogP contribution in [0.5, 0.6) is 0 Å². The molecule has 0 radical (unpaired) electrons. The van der Waals surface area contributed by atoms with Crippen molar-refractivity contribution in [1.82, 2.24) is 5.32 Å². The molecule has 0 aromatic heterocycles. The number of carbonyl (C=O) groups excluding carboxylic acids is 1. The second-order valence-corrected chi connectivity index (χ2v) is 7.27. The van der Waals surface area contributed by atoms with E-state index < -0.39 is 0 Å². The summed E-state index contributed by atoms with van der Waals surface area (Å²) >= 11 is 0. The summed E-state index contributed by atoms with van der Waals surface area (Å²) < 4.78 is 0. The van der Waals surface area contributed by atoms with Crippen LogP contribution in [0.2, 0.25) is 0 Å². The lowest BCUT2D eigenvalue weighted by Crippen LogP contribution is -2.44. The lowest BCUT2D eigenvalue weighted by atomic mass is 9.77. The van der Waals surface area contributed by atoms with E-state index in [9.17, 15) is 4.79 Å². The van der Waals surface area contributed by atoms with E-state index in [0.717, 1.165) is 44.9 Å². The molecule has 2 aliphatic carbocycles. The van der Waals surface area contributed by atoms with Crippen molar-refractivity contribution in [3.8, 4) is 0 Å². The van der Waals surface area contributed by atoms with Crippen LogP contribution in [0.15, 0.2) is 54.6 Å². The molecular weight excluding hydrogens is 294 g/mol. The molecule has 2 aliphatic rings. The molecule has 2 nitrogen and oxygen atoms in total. The first kappa shape index (κ1) is 15.4. The number of nitrogens with one attached hydrogen (secondary N) is 1. The summed E-state index contributed by atoms with van der Waals surface area (Å²) in [6.45, 7) is 0. The normalized spacial score (nSPS) is 21.9. The van der Waals surface area contributed by atoms with E-state index >= 15 is 0 Å². The number of amides is 1. The van der Waals surface area contributed by atoms with Gasteiger partial charge in [0, 0.05) is 0 Å². The molecule has 1 saturated carbocycles. The van der Waals surface area contributed by atoms with Crippen molar-refractivity contribution < 1.29 is 4.79 Å². The zero-order valence-electron chi connectivity index (χ0n) is 14.1. The highest BCUT2D eigenvalue weighted by Gasteiger charge is 2.43. The van der Waals surface area contributed by atoms with Gasteiger partial charge in [0.25, 0.3) is 0 Å². The van der Waals surface area contributed by atoms with Crippen molar-refractivity contribution in [2.75, 3.05) is 0 Å². The largest absolute Gasteiger partial charge is 0.349 e. The van der Waals surface area contributed by atoms with Gasteiger partial charge in [-0.1, -0.05) is 67.4 Å². The summed E-state index contributed by atoms with van der Waals surface area (Å²) in [6, 6.07) is 19.1. The number of carbonyl (C=O) groups is 1. The van der Waals surface area contributed by atoms with Gasteiger partial charge in [0.2, 0.25) is 5.91 Å². The molecule has 0 aliphatic heterocycles. The molecule has 2 aromatic rings. The molecule has 1 fully saturated rings. The number of hydrogen-bond donors (Lipinski definition) is 1. The predicted octanol–water partition coefficient (Wildman–Crippen LogP) is 4.69. The van der Waals surface area contributed by atoms with Gasteiger partial charge < -0.3 is 5.32 Å². The van der Waals surface area contributed by atoms with Crippen LogP contribution in [-0.4, -0.2) is 5.91 Å². The van der Waals surface area contributed by atoms with E-state index in [2.05, 4.69) is 53.8 Å². The highest BCUT2D eigenvalue weighted by Crippen LogP contribution is 2.42. The fourth-order valence-corrected chi connectivity index (χ4v) is 4.58. The van der Waals surface area contributed by atoms with E-state index in [1.54, 1.807) is 0 Å². The van der Waals surface area contributed by atoms with E-state index in [1.807, 2.05) is 6.07 Å². The van der Waals surface area contributed by atoms with E-state index in [4.69, 9.17) is 0 Å². The Hall–Kier alpha value is -2.09. The maximum Gasteiger partial charge on any atom is 0.231 e. The molecular formula is C22H25NO. The summed E-state index contributed by atoms with van der Waals surface area (Å²) in [5, 5.41) is 3.42. The third kappa shape index (κ3) is 2.64. The summed E-state index contributed by atoms with van der Waals surface area (Å²) in [4.78, 5) is 13.3. The van der Waals surface area contributed by atoms with E-state index in [1.165, 1.54) is 16.7 Å². The predicted molar refractivity (Wildman–Crippen MR) is 96.9 cm³/mol. The Morgan fingerprint density at radius 2 is 1.62 bits per heavy atom. The number of aryl methyl sites for hydroxylation is 1. The first-order chi connectivity index (χ1) is 11.8. The number of benzene rings is 2. The standard InChI is InChI=1S/C22H25NO/c24-21(22(15-6-7-16-22)18-11-2-1-3-12-18)23-20-14-8-10-17-9-4-5-13-19(17)20/h1-5,9,11-13,20H,6-8,10,14-16H2,(H,23,24)/t20-/m0/s1. The van der Waals surface area contributed by atoms with Crippen LogP contribution in [0.1, 0.15) is 61.3 Å². The van der Waals surface area contributed by atoms with E-state index in [0.29, 0.717) is 0 Å². The lowest BCUT2D eigenvalue weighted by Gasteiger charge is -2.33. The third-order valence-electron chi connectivity index (χ3n) is 5.89. The summed E-state index contributed by atoms with van der Waals surface area (Å²) in [6.07, 6.45) is 7.56. The zero-order chi connectivity index (χ0) is 16.4. The lowest BCUT2D eigenvalue weighted by molar-refractivity contribution is -0.127. The monoisotopic (exact) mass is 319 g/mol. The highest BCUT2D eigenvalue weighted by molar-refractivity contribution is 5.89. The summed E-state index contributed by atoms with van der Waals surface area (Å²) in [5.41, 5.74) is 3.57. The quantitative estimate of drug-likeness (QED) is 0.873. The first-order valence-electron chi connectivity index (χ1n) is 9.24. The van der Waals surface area contributed by atoms with Gasteiger partial charge in [0.15, 0.2) is 0 Å². The van der Waals surface area contributed by atoms with Crippen molar-refractivity contribution in [3.63, 3.8) is 0 Å². The van der Waals surface area contributed by atoms with Crippen LogP contribution < -0.4 is 5.32 Å². The third-order valence-corrected chi connectivity index (χ3v) is 5.89. The first-order valence-corrected chi connectivity index (χ1v) is 9.24. The van der Waals surface area contributed by atoms with Crippen LogP contribution >= 0.6 is 0 Å². The number of fused-ring (bicyclic) bond motifs is 1. The van der Waals surface area contributed by atoms with Gasteiger partial charge in [-0.15, -0.1) is 0 Å². The van der Waals surface area contributed by atoms with Crippen LogP contribution in [0.3, 0.4) is 0 Å². The molecule has 1 N–H and O–H groups in total. The molecule has 124 valence electrons. The van der Waals surface area contributed by atoms with Gasteiger partial charge in [-0.2, -0.15) is 0 Å². The van der Waals surface area contributed by atoms with Crippen molar-refractivity contribution in [3.05, 3.63) is 71.3 Å². The Labute approximate surface area is 144 Å². The van der Waals surface area contributed by atoms with Crippen molar-refractivity contribution in [1.29, 1.82) is 0 Å². The maximum atomic E-state index is 13.3.